The van der Waals surface area contributed by atoms with Crippen LogP contribution in [0.15, 0.2) is 84.9 Å². The van der Waals surface area contributed by atoms with Gasteiger partial charge in [0, 0.05) is 23.4 Å². The lowest BCUT2D eigenvalue weighted by atomic mass is 9.85. The molecule has 3 aromatic carbocycles. The Balaban J connectivity index is 1.76. The van der Waals surface area contributed by atoms with Gasteiger partial charge in [-0.15, -0.1) is 0 Å². The minimum Gasteiger partial charge on any atom is -0.354 e. The summed E-state index contributed by atoms with van der Waals surface area (Å²) in [4.78, 5) is 15.9. The van der Waals surface area contributed by atoms with Crippen molar-refractivity contribution < 1.29 is 4.79 Å². The van der Waals surface area contributed by atoms with Crippen molar-refractivity contribution >= 4 is 11.6 Å². The highest BCUT2D eigenvalue weighted by molar-refractivity contribution is 6.02. The average Bonchev–Trinajstić information content (AvgIpc) is 2.83. The number of hydrogen-bond acceptors (Lipinski definition) is 2. The molecule has 0 aromatic heterocycles. The fourth-order valence-electron chi connectivity index (χ4n) is 4.64. The zero-order chi connectivity index (χ0) is 21.5. The normalized spacial score (nSPS) is 14.7. The lowest BCUT2D eigenvalue weighted by molar-refractivity contribution is 0.0568. The number of unbranched alkanes of at least 4 members (excludes halogenated alkanes) is 5. The van der Waals surface area contributed by atoms with Crippen LogP contribution in [-0.4, -0.2) is 17.4 Å². The molecule has 31 heavy (non-hydrogen) atoms. The first-order valence-electron chi connectivity index (χ1n) is 11.6. The van der Waals surface area contributed by atoms with Gasteiger partial charge in [-0.05, 0) is 18.6 Å². The van der Waals surface area contributed by atoms with Gasteiger partial charge >= 0.3 is 0 Å². The van der Waals surface area contributed by atoms with E-state index in [0.717, 1.165) is 41.8 Å². The Bertz CT molecular complexity index is 945. The van der Waals surface area contributed by atoms with Crippen molar-refractivity contribution in [2.24, 2.45) is 0 Å². The molecule has 0 spiro atoms. The third-order valence-electron chi connectivity index (χ3n) is 6.24. The number of carbonyl (C=O) groups excluding carboxylic acids is 1. The molecule has 0 saturated carbocycles. The maximum Gasteiger partial charge on any atom is 0.258 e. The molecule has 1 amide bonds. The van der Waals surface area contributed by atoms with Crippen molar-refractivity contribution in [1.29, 1.82) is 0 Å². The van der Waals surface area contributed by atoms with Crippen LogP contribution in [0.25, 0.3) is 0 Å². The van der Waals surface area contributed by atoms with E-state index in [0.29, 0.717) is 0 Å². The molecule has 1 aliphatic heterocycles. The van der Waals surface area contributed by atoms with Gasteiger partial charge in [0.25, 0.3) is 5.91 Å². The number of amides is 1. The van der Waals surface area contributed by atoms with Crippen LogP contribution in [-0.2, 0) is 5.66 Å². The Morgan fingerprint density at radius 2 is 1.26 bits per heavy atom. The molecule has 0 radical (unpaired) electrons. The van der Waals surface area contributed by atoms with Crippen LogP contribution in [0.4, 0.5) is 5.69 Å². The van der Waals surface area contributed by atoms with E-state index in [4.69, 9.17) is 0 Å². The van der Waals surface area contributed by atoms with Crippen LogP contribution in [0, 0.1) is 0 Å². The molecule has 0 aliphatic carbocycles. The number of hydrogen-bond donors (Lipinski definition) is 1. The van der Waals surface area contributed by atoms with Crippen molar-refractivity contribution in [1.82, 2.24) is 4.90 Å². The van der Waals surface area contributed by atoms with Crippen molar-refractivity contribution in [3.05, 3.63) is 102 Å². The maximum absolute atomic E-state index is 13.8. The molecule has 0 fully saturated rings. The second kappa shape index (κ2) is 9.82. The predicted octanol–water partition coefficient (Wildman–Crippen LogP) is 6.82. The number of fused-ring (bicyclic) bond motifs is 1. The van der Waals surface area contributed by atoms with Crippen molar-refractivity contribution in [3.63, 3.8) is 0 Å². The van der Waals surface area contributed by atoms with Gasteiger partial charge in [-0.25, -0.2) is 0 Å². The lowest BCUT2D eigenvalue weighted by Crippen LogP contribution is -2.58. The van der Waals surface area contributed by atoms with Crippen molar-refractivity contribution in [2.75, 3.05) is 11.9 Å². The number of para-hydroxylation sites is 1. The van der Waals surface area contributed by atoms with E-state index in [9.17, 15) is 4.79 Å². The van der Waals surface area contributed by atoms with Gasteiger partial charge in [0.2, 0.25) is 0 Å². The van der Waals surface area contributed by atoms with E-state index < -0.39 is 5.66 Å². The summed E-state index contributed by atoms with van der Waals surface area (Å²) in [6.07, 6.45) is 7.18. The van der Waals surface area contributed by atoms with Crippen LogP contribution in [0.1, 0.15) is 66.9 Å². The number of nitrogens with one attached hydrogen (secondary N) is 1. The molecule has 4 rings (SSSR count). The van der Waals surface area contributed by atoms with Gasteiger partial charge in [0.15, 0.2) is 5.66 Å². The van der Waals surface area contributed by atoms with Crippen molar-refractivity contribution in [2.45, 2.75) is 51.1 Å². The summed E-state index contributed by atoms with van der Waals surface area (Å²) < 4.78 is 0. The zero-order valence-electron chi connectivity index (χ0n) is 18.4. The number of nitrogens with zero attached hydrogens (tertiary/aromatic N) is 1. The second-order valence-electron chi connectivity index (χ2n) is 8.34. The Morgan fingerprint density at radius 3 is 1.90 bits per heavy atom. The lowest BCUT2D eigenvalue weighted by Gasteiger charge is -2.49. The minimum absolute atomic E-state index is 0.0932. The quantitative estimate of drug-likeness (QED) is 0.391. The molecule has 1 heterocycles. The van der Waals surface area contributed by atoms with Gasteiger partial charge < -0.3 is 10.2 Å². The monoisotopic (exact) mass is 412 g/mol. The Hall–Kier alpha value is -3.07. The summed E-state index contributed by atoms with van der Waals surface area (Å²) in [5.74, 6) is 0.0932. The highest BCUT2D eigenvalue weighted by atomic mass is 16.2. The highest BCUT2D eigenvalue weighted by Crippen LogP contribution is 2.42. The third-order valence-corrected chi connectivity index (χ3v) is 6.24. The fraction of sp³-hybridized carbons (Fsp3) is 0.321. The summed E-state index contributed by atoms with van der Waals surface area (Å²) in [5, 5.41) is 3.79. The Morgan fingerprint density at radius 1 is 0.710 bits per heavy atom. The fourth-order valence-corrected chi connectivity index (χ4v) is 4.64. The third kappa shape index (κ3) is 4.23. The minimum atomic E-state index is -0.725. The number of rotatable bonds is 9. The number of carbonyl (C=O) groups is 1. The van der Waals surface area contributed by atoms with E-state index in [1.54, 1.807) is 0 Å². The smallest absolute Gasteiger partial charge is 0.258 e. The molecule has 3 aromatic rings. The van der Waals surface area contributed by atoms with Crippen LogP contribution in [0.5, 0.6) is 0 Å². The maximum atomic E-state index is 13.8. The zero-order valence-corrected chi connectivity index (χ0v) is 18.4. The first-order chi connectivity index (χ1) is 15.3. The number of benzene rings is 3. The second-order valence-corrected chi connectivity index (χ2v) is 8.34. The van der Waals surface area contributed by atoms with E-state index in [1.807, 2.05) is 36.4 Å². The Labute approximate surface area is 186 Å². The van der Waals surface area contributed by atoms with E-state index in [2.05, 4.69) is 65.7 Å². The topological polar surface area (TPSA) is 32.3 Å². The van der Waals surface area contributed by atoms with Gasteiger partial charge in [-0.1, -0.05) is 112 Å². The molecule has 0 unspecified atom stereocenters. The van der Waals surface area contributed by atoms with Crippen LogP contribution in [0.2, 0.25) is 0 Å². The summed E-state index contributed by atoms with van der Waals surface area (Å²) in [6.45, 7) is 2.96. The molecule has 160 valence electrons. The van der Waals surface area contributed by atoms with Gasteiger partial charge in [0.05, 0.1) is 5.56 Å². The van der Waals surface area contributed by atoms with Crippen LogP contribution in [0.3, 0.4) is 0 Å². The van der Waals surface area contributed by atoms with Crippen LogP contribution < -0.4 is 5.32 Å². The number of anilines is 1. The summed E-state index contributed by atoms with van der Waals surface area (Å²) in [7, 11) is 0. The van der Waals surface area contributed by atoms with Gasteiger partial charge in [-0.2, -0.15) is 0 Å². The molecule has 3 heteroatoms. The Kier molecular flexibility index (Phi) is 6.71. The van der Waals surface area contributed by atoms with Crippen molar-refractivity contribution in [3.8, 4) is 0 Å². The van der Waals surface area contributed by atoms with E-state index >= 15 is 0 Å². The molecule has 0 atom stereocenters. The average molecular weight is 413 g/mol. The standard InChI is InChI=1S/C28H32N2O/c1-2-3-4-5-6-15-22-30-27(31)25-20-13-14-21-26(25)29-28(30,23-16-9-7-10-17-23)24-18-11-8-12-19-24/h7-14,16-21,29H,2-6,15,22H2,1H3. The van der Waals surface area contributed by atoms with Gasteiger partial charge in [-0.3, -0.25) is 4.79 Å². The summed E-state index contributed by atoms with van der Waals surface area (Å²) in [5.41, 5.74) is 3.07. The molecule has 0 saturated heterocycles. The van der Waals surface area contributed by atoms with E-state index in [-0.39, 0.29) is 5.91 Å². The summed E-state index contributed by atoms with van der Waals surface area (Å²) >= 11 is 0. The molecular weight excluding hydrogens is 380 g/mol. The summed E-state index contributed by atoms with van der Waals surface area (Å²) in [6, 6.07) is 28.6. The van der Waals surface area contributed by atoms with Crippen LogP contribution >= 0.6 is 0 Å². The van der Waals surface area contributed by atoms with Gasteiger partial charge in [0.1, 0.15) is 0 Å². The first-order valence-corrected chi connectivity index (χ1v) is 11.6. The first kappa shape index (κ1) is 21.2. The molecule has 1 N–H and O–H groups in total. The highest BCUT2D eigenvalue weighted by Gasteiger charge is 2.47. The SMILES string of the molecule is CCCCCCCCN1C(=O)c2ccccc2NC1(c1ccccc1)c1ccccc1. The molecular formula is C28H32N2O. The molecule has 1 aliphatic rings. The van der Waals surface area contributed by atoms with E-state index in [1.165, 1.54) is 25.7 Å². The molecule has 3 nitrogen and oxygen atoms in total. The largest absolute Gasteiger partial charge is 0.354 e. The predicted molar refractivity (Wildman–Crippen MR) is 128 cm³/mol. The molecule has 0 bridgehead atoms.